The lowest BCUT2D eigenvalue weighted by Gasteiger charge is -1.97. The Morgan fingerprint density at radius 1 is 1.31 bits per heavy atom. The number of benzene rings is 1. The molecule has 2 rings (SSSR count). The van der Waals surface area contributed by atoms with Crippen LogP contribution < -0.4 is 0 Å². The van der Waals surface area contributed by atoms with Crippen LogP contribution in [-0.4, -0.2) is 4.57 Å². The molecule has 0 N–H and O–H groups in total. The van der Waals surface area contributed by atoms with E-state index in [1.54, 1.807) is 0 Å². The van der Waals surface area contributed by atoms with Crippen molar-refractivity contribution in [2.75, 3.05) is 0 Å². The normalized spacial score (nSPS) is 11.0. The summed E-state index contributed by atoms with van der Waals surface area (Å²) < 4.78 is 2.20. The van der Waals surface area contributed by atoms with E-state index in [0.717, 1.165) is 6.42 Å². The maximum atomic E-state index is 2.27. The smallest absolute Gasteiger partial charge is 0.0480 e. The molecule has 1 heteroatoms. The number of rotatable bonds is 1. The van der Waals surface area contributed by atoms with Crippen molar-refractivity contribution in [3.8, 4) is 0 Å². The molecule has 68 valence electrons. The van der Waals surface area contributed by atoms with E-state index in [4.69, 9.17) is 0 Å². The molecule has 0 atom stereocenters. The molecule has 0 radical (unpaired) electrons. The van der Waals surface area contributed by atoms with E-state index in [2.05, 4.69) is 49.9 Å². The monoisotopic (exact) mass is 173 g/mol. The first kappa shape index (κ1) is 8.36. The third kappa shape index (κ3) is 1.24. The number of fused-ring (bicyclic) bond motifs is 1. The number of hydrogen-bond acceptors (Lipinski definition) is 0. The maximum Gasteiger partial charge on any atom is 0.0480 e. The summed E-state index contributed by atoms with van der Waals surface area (Å²) >= 11 is 0. The third-order valence-electron chi connectivity index (χ3n) is 2.61. The van der Waals surface area contributed by atoms with E-state index >= 15 is 0 Å². The molecule has 0 saturated heterocycles. The van der Waals surface area contributed by atoms with Gasteiger partial charge < -0.3 is 4.57 Å². The molecule has 1 aromatic heterocycles. The highest BCUT2D eigenvalue weighted by Gasteiger charge is 2.03. The molecule has 13 heavy (non-hydrogen) atoms. The van der Waals surface area contributed by atoms with E-state index in [-0.39, 0.29) is 0 Å². The van der Waals surface area contributed by atoms with E-state index < -0.39 is 0 Å². The Kier molecular flexibility index (Phi) is 1.87. The summed E-state index contributed by atoms with van der Waals surface area (Å²) in [5.41, 5.74) is 4.12. The Morgan fingerprint density at radius 3 is 2.77 bits per heavy atom. The van der Waals surface area contributed by atoms with Gasteiger partial charge in [-0.1, -0.05) is 18.6 Å². The Morgan fingerprint density at radius 2 is 2.08 bits per heavy atom. The van der Waals surface area contributed by atoms with E-state index in [1.165, 1.54) is 22.0 Å². The molecule has 0 aliphatic carbocycles. The summed E-state index contributed by atoms with van der Waals surface area (Å²) in [4.78, 5) is 0. The van der Waals surface area contributed by atoms with Crippen LogP contribution in [0, 0.1) is 6.92 Å². The molecule has 0 bridgehead atoms. The van der Waals surface area contributed by atoms with Gasteiger partial charge in [0.25, 0.3) is 0 Å². The average Bonchev–Trinajstić information content (AvgIpc) is 2.42. The van der Waals surface area contributed by atoms with Crippen LogP contribution in [0.2, 0.25) is 0 Å². The van der Waals surface area contributed by atoms with Gasteiger partial charge in [-0.25, -0.2) is 0 Å². The van der Waals surface area contributed by atoms with Gasteiger partial charge in [0.1, 0.15) is 0 Å². The summed E-state index contributed by atoms with van der Waals surface area (Å²) in [6, 6.07) is 6.64. The summed E-state index contributed by atoms with van der Waals surface area (Å²) in [7, 11) is 2.11. The van der Waals surface area contributed by atoms with Gasteiger partial charge in [-0.3, -0.25) is 0 Å². The van der Waals surface area contributed by atoms with Gasteiger partial charge in [-0.05, 0) is 31.0 Å². The van der Waals surface area contributed by atoms with Crippen LogP contribution >= 0.6 is 0 Å². The molecular weight excluding hydrogens is 158 g/mol. The van der Waals surface area contributed by atoms with Crippen LogP contribution in [-0.2, 0) is 13.5 Å². The first-order chi connectivity index (χ1) is 6.22. The van der Waals surface area contributed by atoms with Crippen LogP contribution in [0.25, 0.3) is 10.9 Å². The lowest BCUT2D eigenvalue weighted by molar-refractivity contribution is 0.954. The second kappa shape index (κ2) is 2.91. The number of hydrogen-bond donors (Lipinski definition) is 0. The SMILES string of the molecule is CCc1cn(C)c2ccc(C)cc12. The minimum absolute atomic E-state index is 1.11. The van der Waals surface area contributed by atoms with Gasteiger partial charge in [0.05, 0.1) is 0 Å². The molecule has 1 nitrogen and oxygen atoms in total. The maximum absolute atomic E-state index is 2.27. The third-order valence-corrected chi connectivity index (χ3v) is 2.61. The second-order valence-corrected chi connectivity index (χ2v) is 3.64. The van der Waals surface area contributed by atoms with Gasteiger partial charge in [0.2, 0.25) is 0 Å². The number of aryl methyl sites for hydroxylation is 3. The molecule has 0 saturated carbocycles. The summed E-state index contributed by atoms with van der Waals surface area (Å²) in [6.45, 7) is 4.35. The van der Waals surface area contributed by atoms with Crippen molar-refractivity contribution in [3.63, 3.8) is 0 Å². The zero-order valence-electron chi connectivity index (χ0n) is 8.46. The first-order valence-corrected chi connectivity index (χ1v) is 4.77. The Hall–Kier alpha value is -1.24. The minimum Gasteiger partial charge on any atom is -0.350 e. The molecule has 1 aromatic carbocycles. The molecule has 0 amide bonds. The van der Waals surface area contributed by atoms with Crippen LogP contribution in [0.1, 0.15) is 18.1 Å². The average molecular weight is 173 g/mol. The molecule has 0 aliphatic rings. The van der Waals surface area contributed by atoms with Gasteiger partial charge in [-0.2, -0.15) is 0 Å². The second-order valence-electron chi connectivity index (χ2n) is 3.64. The fraction of sp³-hybridized carbons (Fsp3) is 0.333. The number of aromatic nitrogens is 1. The lowest BCUT2D eigenvalue weighted by Crippen LogP contribution is -1.82. The summed E-state index contributed by atoms with van der Waals surface area (Å²) in [5.74, 6) is 0. The van der Waals surface area contributed by atoms with Crippen molar-refractivity contribution < 1.29 is 0 Å². The van der Waals surface area contributed by atoms with Crippen LogP contribution in [0.3, 0.4) is 0 Å². The molecular formula is C12H15N. The molecule has 1 heterocycles. The topological polar surface area (TPSA) is 4.93 Å². The lowest BCUT2D eigenvalue weighted by atomic mass is 10.1. The predicted octanol–water partition coefficient (Wildman–Crippen LogP) is 3.05. The molecule has 0 spiro atoms. The largest absolute Gasteiger partial charge is 0.350 e. The first-order valence-electron chi connectivity index (χ1n) is 4.77. The molecule has 0 fully saturated rings. The summed E-state index contributed by atoms with van der Waals surface area (Å²) in [5, 5.41) is 1.41. The van der Waals surface area contributed by atoms with Crippen LogP contribution in [0.15, 0.2) is 24.4 Å². The molecule has 2 aromatic rings. The molecule has 0 aliphatic heterocycles. The van der Waals surface area contributed by atoms with E-state index in [0.29, 0.717) is 0 Å². The zero-order valence-corrected chi connectivity index (χ0v) is 8.46. The Bertz CT molecular complexity index is 438. The van der Waals surface area contributed by atoms with Gasteiger partial charge in [0, 0.05) is 24.1 Å². The minimum atomic E-state index is 1.11. The number of nitrogens with zero attached hydrogens (tertiary/aromatic N) is 1. The highest BCUT2D eigenvalue weighted by Crippen LogP contribution is 2.21. The van der Waals surface area contributed by atoms with Crippen molar-refractivity contribution >= 4 is 10.9 Å². The molecule has 0 unspecified atom stereocenters. The Balaban J connectivity index is 2.81. The fourth-order valence-corrected chi connectivity index (χ4v) is 1.87. The van der Waals surface area contributed by atoms with Crippen molar-refractivity contribution in [3.05, 3.63) is 35.5 Å². The van der Waals surface area contributed by atoms with Crippen molar-refractivity contribution in [1.29, 1.82) is 0 Å². The van der Waals surface area contributed by atoms with E-state index in [9.17, 15) is 0 Å². The van der Waals surface area contributed by atoms with Crippen LogP contribution in [0.4, 0.5) is 0 Å². The summed E-state index contributed by atoms with van der Waals surface area (Å²) in [6.07, 6.45) is 3.34. The van der Waals surface area contributed by atoms with Gasteiger partial charge >= 0.3 is 0 Å². The van der Waals surface area contributed by atoms with Crippen molar-refractivity contribution in [2.45, 2.75) is 20.3 Å². The zero-order chi connectivity index (χ0) is 9.42. The van der Waals surface area contributed by atoms with Crippen LogP contribution in [0.5, 0.6) is 0 Å². The van der Waals surface area contributed by atoms with E-state index in [1.807, 2.05) is 0 Å². The van der Waals surface area contributed by atoms with Crippen molar-refractivity contribution in [2.24, 2.45) is 7.05 Å². The Labute approximate surface area is 79.0 Å². The van der Waals surface area contributed by atoms with Gasteiger partial charge in [-0.15, -0.1) is 0 Å². The quantitative estimate of drug-likeness (QED) is 0.624. The highest BCUT2D eigenvalue weighted by atomic mass is 14.9. The highest BCUT2D eigenvalue weighted by molar-refractivity contribution is 5.84. The predicted molar refractivity (Wildman–Crippen MR) is 57.0 cm³/mol. The van der Waals surface area contributed by atoms with Crippen molar-refractivity contribution in [1.82, 2.24) is 4.57 Å². The standard InChI is InChI=1S/C12H15N/c1-4-10-8-13(3)12-6-5-9(2)7-11(10)12/h5-8H,4H2,1-3H3. The van der Waals surface area contributed by atoms with Gasteiger partial charge in [0.15, 0.2) is 0 Å². The fourth-order valence-electron chi connectivity index (χ4n) is 1.87.